The number of aryl methyl sites for hydroxylation is 1. The molecule has 0 aliphatic heterocycles. The van der Waals surface area contributed by atoms with Crippen LogP contribution >= 0.6 is 31.9 Å². The summed E-state index contributed by atoms with van der Waals surface area (Å²) in [5, 5.41) is 0. The van der Waals surface area contributed by atoms with Crippen LogP contribution in [0, 0.1) is 6.92 Å². The zero-order chi connectivity index (χ0) is 8.43. The van der Waals surface area contributed by atoms with E-state index in [9.17, 15) is 0 Å². The highest BCUT2D eigenvalue weighted by atomic mass is 79.9. The van der Waals surface area contributed by atoms with Gasteiger partial charge in [-0.2, -0.15) is 0 Å². The maximum atomic E-state index is 5.21. The van der Waals surface area contributed by atoms with Gasteiger partial charge in [-0.05, 0) is 44.8 Å². The number of hydrogen-bond acceptors (Lipinski definition) is 3. The number of nitrogens with one attached hydrogen (secondary N) is 1. The van der Waals surface area contributed by atoms with Crippen molar-refractivity contribution in [3.8, 4) is 0 Å². The van der Waals surface area contributed by atoms with Gasteiger partial charge >= 0.3 is 0 Å². The minimum atomic E-state index is 0.644. The highest BCUT2D eigenvalue weighted by molar-refractivity contribution is 9.11. The molecular weight excluding hydrogens is 274 g/mol. The molecular formula is C6H7Br2N3. The molecule has 0 amide bonds. The van der Waals surface area contributed by atoms with E-state index in [1.165, 1.54) is 0 Å². The summed E-state index contributed by atoms with van der Waals surface area (Å²) in [6, 6.07) is 1.90. The van der Waals surface area contributed by atoms with Crippen LogP contribution in [0.2, 0.25) is 0 Å². The van der Waals surface area contributed by atoms with E-state index in [4.69, 9.17) is 5.84 Å². The second-order valence-corrected chi connectivity index (χ2v) is 3.74. The number of hydrazine groups is 1. The number of aromatic nitrogens is 1. The molecule has 0 radical (unpaired) electrons. The maximum Gasteiger partial charge on any atom is 0.154 e. The summed E-state index contributed by atoms with van der Waals surface area (Å²) < 4.78 is 1.81. The van der Waals surface area contributed by atoms with Gasteiger partial charge < -0.3 is 5.43 Å². The second-order valence-electron chi connectivity index (χ2n) is 2.03. The lowest BCUT2D eigenvalue weighted by Crippen LogP contribution is -2.09. The molecule has 1 aromatic heterocycles. The number of nitrogens with two attached hydrogens (primary N) is 1. The van der Waals surface area contributed by atoms with Crippen LogP contribution in [0.1, 0.15) is 5.69 Å². The van der Waals surface area contributed by atoms with Crippen LogP contribution in [0.4, 0.5) is 5.82 Å². The Bertz CT molecular complexity index is 275. The topological polar surface area (TPSA) is 50.9 Å². The van der Waals surface area contributed by atoms with Gasteiger partial charge in [0.05, 0.1) is 10.2 Å². The van der Waals surface area contributed by atoms with Crippen LogP contribution in [0.15, 0.2) is 15.0 Å². The summed E-state index contributed by atoms with van der Waals surface area (Å²) in [5.74, 6) is 5.86. The zero-order valence-corrected chi connectivity index (χ0v) is 9.03. The predicted molar refractivity (Wildman–Crippen MR) is 52.2 cm³/mol. The van der Waals surface area contributed by atoms with Crippen molar-refractivity contribution >= 4 is 37.7 Å². The molecule has 0 saturated heterocycles. The molecule has 11 heavy (non-hydrogen) atoms. The highest BCUT2D eigenvalue weighted by Crippen LogP contribution is 2.25. The fourth-order valence-electron chi connectivity index (χ4n) is 0.660. The molecule has 3 nitrogen and oxygen atoms in total. The monoisotopic (exact) mass is 279 g/mol. The third kappa shape index (κ3) is 1.91. The van der Waals surface area contributed by atoms with Crippen molar-refractivity contribution in [1.82, 2.24) is 4.98 Å². The third-order valence-corrected chi connectivity index (χ3v) is 2.65. The molecule has 0 unspecified atom stereocenters. The molecule has 0 aliphatic rings. The van der Waals surface area contributed by atoms with Crippen molar-refractivity contribution in [2.45, 2.75) is 6.92 Å². The first-order chi connectivity index (χ1) is 5.15. The zero-order valence-electron chi connectivity index (χ0n) is 5.86. The molecule has 1 aromatic rings. The van der Waals surface area contributed by atoms with Crippen molar-refractivity contribution in [1.29, 1.82) is 0 Å². The van der Waals surface area contributed by atoms with E-state index in [-0.39, 0.29) is 0 Å². The van der Waals surface area contributed by atoms with Gasteiger partial charge in [0.15, 0.2) is 5.82 Å². The Hall–Kier alpha value is -0.130. The van der Waals surface area contributed by atoms with Gasteiger partial charge in [-0.25, -0.2) is 10.8 Å². The van der Waals surface area contributed by atoms with Crippen molar-refractivity contribution in [2.24, 2.45) is 5.84 Å². The number of hydrogen-bond donors (Lipinski definition) is 2. The average Bonchev–Trinajstić information content (AvgIpc) is 1.97. The Labute approximate surface area is 81.6 Å². The summed E-state index contributed by atoms with van der Waals surface area (Å²) >= 11 is 6.65. The quantitative estimate of drug-likeness (QED) is 0.613. The van der Waals surface area contributed by atoms with Gasteiger partial charge in [-0.3, -0.25) is 0 Å². The Morgan fingerprint density at radius 2 is 2.09 bits per heavy atom. The van der Waals surface area contributed by atoms with Crippen molar-refractivity contribution < 1.29 is 0 Å². The molecule has 1 heterocycles. The Morgan fingerprint density at radius 1 is 1.45 bits per heavy atom. The van der Waals surface area contributed by atoms with E-state index in [0.717, 1.165) is 14.6 Å². The van der Waals surface area contributed by atoms with E-state index < -0.39 is 0 Å². The summed E-state index contributed by atoms with van der Waals surface area (Å²) in [6.07, 6.45) is 0. The SMILES string of the molecule is Cc1nc(NN)c(Br)cc1Br. The van der Waals surface area contributed by atoms with Gasteiger partial charge in [0.1, 0.15) is 0 Å². The van der Waals surface area contributed by atoms with Gasteiger partial charge in [-0.1, -0.05) is 0 Å². The summed E-state index contributed by atoms with van der Waals surface area (Å²) in [7, 11) is 0. The normalized spacial score (nSPS) is 9.82. The second kappa shape index (κ2) is 3.51. The molecule has 0 bridgehead atoms. The van der Waals surface area contributed by atoms with Gasteiger partial charge in [0, 0.05) is 4.47 Å². The van der Waals surface area contributed by atoms with Gasteiger partial charge in [0.2, 0.25) is 0 Å². The van der Waals surface area contributed by atoms with E-state index in [2.05, 4.69) is 42.3 Å². The molecule has 3 N–H and O–H groups in total. The number of pyridine rings is 1. The summed E-state index contributed by atoms with van der Waals surface area (Å²) in [6.45, 7) is 1.90. The van der Waals surface area contributed by atoms with Crippen LogP contribution in [0.3, 0.4) is 0 Å². The smallest absolute Gasteiger partial charge is 0.154 e. The van der Waals surface area contributed by atoms with Gasteiger partial charge in [0.25, 0.3) is 0 Å². The standard InChI is InChI=1S/C6H7Br2N3/c1-3-4(7)2-5(8)6(10-3)11-9/h2H,9H2,1H3,(H,10,11). The van der Waals surface area contributed by atoms with Gasteiger partial charge in [-0.15, -0.1) is 0 Å². The molecule has 0 fully saturated rings. The van der Waals surface area contributed by atoms with Crippen LogP contribution in [0.5, 0.6) is 0 Å². The number of anilines is 1. The molecule has 0 aliphatic carbocycles. The van der Waals surface area contributed by atoms with Crippen molar-refractivity contribution in [3.05, 3.63) is 20.7 Å². The minimum Gasteiger partial charge on any atom is -0.308 e. The number of nitrogen functional groups attached to an aromatic ring is 1. The summed E-state index contributed by atoms with van der Waals surface area (Å²) in [5.41, 5.74) is 3.39. The fourth-order valence-corrected chi connectivity index (χ4v) is 1.72. The predicted octanol–water partition coefficient (Wildman–Crippen LogP) is 2.20. The molecule has 0 saturated carbocycles. The molecule has 60 valence electrons. The molecule has 0 spiro atoms. The van der Waals surface area contributed by atoms with E-state index in [1.807, 2.05) is 13.0 Å². The first kappa shape index (κ1) is 8.96. The summed E-state index contributed by atoms with van der Waals surface area (Å²) in [4.78, 5) is 4.16. The van der Waals surface area contributed by atoms with E-state index in [1.54, 1.807) is 0 Å². The van der Waals surface area contributed by atoms with Crippen LogP contribution < -0.4 is 11.3 Å². The number of rotatable bonds is 1. The fraction of sp³-hybridized carbons (Fsp3) is 0.167. The van der Waals surface area contributed by atoms with Crippen LogP contribution in [-0.4, -0.2) is 4.98 Å². The lowest BCUT2D eigenvalue weighted by Gasteiger charge is -2.04. The molecule has 0 atom stereocenters. The third-order valence-electron chi connectivity index (χ3n) is 1.24. The lowest BCUT2D eigenvalue weighted by molar-refractivity contribution is 1.13. The minimum absolute atomic E-state index is 0.644. The Balaban J connectivity index is 3.21. The lowest BCUT2D eigenvalue weighted by atomic mass is 10.4. The maximum absolute atomic E-state index is 5.21. The average molecular weight is 281 g/mol. The van der Waals surface area contributed by atoms with Crippen LogP contribution in [-0.2, 0) is 0 Å². The largest absolute Gasteiger partial charge is 0.308 e. The number of halogens is 2. The highest BCUT2D eigenvalue weighted by Gasteiger charge is 2.02. The first-order valence-corrected chi connectivity index (χ1v) is 4.53. The molecule has 0 aromatic carbocycles. The first-order valence-electron chi connectivity index (χ1n) is 2.94. The molecule has 5 heteroatoms. The van der Waals surface area contributed by atoms with Crippen LogP contribution in [0.25, 0.3) is 0 Å². The van der Waals surface area contributed by atoms with E-state index >= 15 is 0 Å². The molecule has 1 rings (SSSR count). The van der Waals surface area contributed by atoms with E-state index in [0.29, 0.717) is 5.82 Å². The Kier molecular flexibility index (Phi) is 2.86. The van der Waals surface area contributed by atoms with Crippen molar-refractivity contribution in [2.75, 3.05) is 5.43 Å². The number of nitrogens with zero attached hydrogens (tertiary/aromatic N) is 1. The Morgan fingerprint density at radius 3 is 2.64 bits per heavy atom. The van der Waals surface area contributed by atoms with Crippen molar-refractivity contribution in [3.63, 3.8) is 0 Å².